The van der Waals surface area contributed by atoms with Gasteiger partial charge in [0.05, 0.1) is 12.6 Å². The van der Waals surface area contributed by atoms with Crippen molar-refractivity contribution in [3.63, 3.8) is 0 Å². The Labute approximate surface area is 125 Å². The zero-order chi connectivity index (χ0) is 15.6. The van der Waals surface area contributed by atoms with Gasteiger partial charge in [0.2, 0.25) is 11.8 Å². The van der Waals surface area contributed by atoms with E-state index in [9.17, 15) is 18.4 Å². The predicted molar refractivity (Wildman–Crippen MR) is 76.1 cm³/mol. The number of carbonyl (C=O) groups excluding carboxylic acids is 2. The molecule has 1 aliphatic heterocycles. The van der Waals surface area contributed by atoms with Gasteiger partial charge in [-0.2, -0.15) is 0 Å². The van der Waals surface area contributed by atoms with Gasteiger partial charge in [0.25, 0.3) is 5.92 Å². The number of likely N-dealkylation sites (tertiary alicyclic amines) is 1. The highest BCUT2D eigenvalue weighted by Gasteiger charge is 2.49. The van der Waals surface area contributed by atoms with Crippen LogP contribution in [0.15, 0.2) is 30.2 Å². The summed E-state index contributed by atoms with van der Waals surface area (Å²) < 4.78 is 27.0. The van der Waals surface area contributed by atoms with Crippen LogP contribution in [-0.4, -0.2) is 35.2 Å². The molecule has 1 aliphatic rings. The second-order valence-corrected chi connectivity index (χ2v) is 5.97. The van der Waals surface area contributed by atoms with Crippen molar-refractivity contribution in [1.82, 2.24) is 10.2 Å². The molecule has 1 aromatic heterocycles. The molecule has 0 bridgehead atoms. The summed E-state index contributed by atoms with van der Waals surface area (Å²) in [7, 11) is 0. The van der Waals surface area contributed by atoms with E-state index < -0.39 is 36.7 Å². The predicted octanol–water partition coefficient (Wildman–Crippen LogP) is 2.35. The first-order valence-corrected chi connectivity index (χ1v) is 7.36. The van der Waals surface area contributed by atoms with Gasteiger partial charge in [-0.3, -0.25) is 9.59 Å². The Kier molecular flexibility index (Phi) is 4.41. The highest BCUT2D eigenvalue weighted by atomic mass is 32.1. The van der Waals surface area contributed by atoms with Crippen LogP contribution in [0.5, 0.6) is 0 Å². The summed E-state index contributed by atoms with van der Waals surface area (Å²) in [4.78, 5) is 25.6. The van der Waals surface area contributed by atoms with Crippen LogP contribution in [0.3, 0.4) is 0 Å². The Hall–Kier alpha value is -1.76. The Morgan fingerprint density at radius 1 is 1.62 bits per heavy atom. The van der Waals surface area contributed by atoms with Gasteiger partial charge in [0, 0.05) is 11.3 Å². The van der Waals surface area contributed by atoms with Crippen molar-refractivity contribution in [3.8, 4) is 0 Å². The summed E-state index contributed by atoms with van der Waals surface area (Å²) in [5.74, 6) is -4.27. The van der Waals surface area contributed by atoms with E-state index in [4.69, 9.17) is 0 Å². The van der Waals surface area contributed by atoms with Crippen LogP contribution in [0, 0.1) is 0 Å². The van der Waals surface area contributed by atoms with Gasteiger partial charge in [-0.15, -0.1) is 11.3 Å². The fourth-order valence-corrected chi connectivity index (χ4v) is 3.05. The number of hydrogen-bond donors (Lipinski definition) is 1. The Morgan fingerprint density at radius 3 is 2.90 bits per heavy atom. The van der Waals surface area contributed by atoms with Gasteiger partial charge in [0.1, 0.15) is 6.04 Å². The number of nitrogens with zero attached hydrogens (tertiary/aromatic N) is 1. The lowest BCUT2D eigenvalue weighted by molar-refractivity contribution is -0.135. The third kappa shape index (κ3) is 3.47. The van der Waals surface area contributed by atoms with Gasteiger partial charge in [-0.1, -0.05) is 12.6 Å². The maximum Gasteiger partial charge on any atom is 0.267 e. The molecule has 0 saturated carbocycles. The molecule has 2 atom stereocenters. The van der Waals surface area contributed by atoms with E-state index in [0.29, 0.717) is 0 Å². The molecular formula is C14H16F2N2O2S. The highest BCUT2D eigenvalue weighted by molar-refractivity contribution is 7.10. The van der Waals surface area contributed by atoms with E-state index in [1.807, 2.05) is 17.5 Å². The summed E-state index contributed by atoms with van der Waals surface area (Å²) in [5, 5.41) is 4.55. The SMILES string of the molecule is C=CC(=O)N1CC(F)(F)C[C@@H]1C(=O)N[C@@H](C)c1cccs1. The lowest BCUT2D eigenvalue weighted by atomic mass is 10.1. The van der Waals surface area contributed by atoms with Gasteiger partial charge in [-0.05, 0) is 24.4 Å². The molecule has 2 rings (SSSR count). The summed E-state index contributed by atoms with van der Waals surface area (Å²) >= 11 is 1.47. The molecule has 4 nitrogen and oxygen atoms in total. The average Bonchev–Trinajstić information content (AvgIpc) is 3.04. The van der Waals surface area contributed by atoms with Gasteiger partial charge in [0.15, 0.2) is 0 Å². The van der Waals surface area contributed by atoms with Gasteiger partial charge in [-0.25, -0.2) is 8.78 Å². The van der Waals surface area contributed by atoms with Crippen LogP contribution >= 0.6 is 11.3 Å². The fourth-order valence-electron chi connectivity index (χ4n) is 2.32. The number of rotatable bonds is 4. The van der Waals surface area contributed by atoms with Crippen LogP contribution in [0.4, 0.5) is 8.78 Å². The summed E-state index contributed by atoms with van der Waals surface area (Å²) in [6.45, 7) is 4.31. The van der Waals surface area contributed by atoms with Crippen molar-refractivity contribution in [3.05, 3.63) is 35.0 Å². The van der Waals surface area contributed by atoms with Crippen molar-refractivity contribution in [2.75, 3.05) is 6.54 Å². The maximum absolute atomic E-state index is 13.5. The minimum Gasteiger partial charge on any atom is -0.347 e. The molecule has 0 unspecified atom stereocenters. The van der Waals surface area contributed by atoms with E-state index in [1.165, 1.54) is 11.3 Å². The molecule has 1 saturated heterocycles. The van der Waals surface area contributed by atoms with Crippen molar-refractivity contribution >= 4 is 23.2 Å². The standard InChI is InChI=1S/C14H16F2N2O2S/c1-3-12(19)18-8-14(15,16)7-10(18)13(20)17-9(2)11-5-4-6-21-11/h3-6,9-10H,1,7-8H2,2H3,(H,17,20)/t9-,10+/m0/s1. The largest absolute Gasteiger partial charge is 0.347 e. The fraction of sp³-hybridized carbons (Fsp3) is 0.429. The number of carbonyl (C=O) groups is 2. The molecule has 0 aliphatic carbocycles. The van der Waals surface area contributed by atoms with E-state index in [-0.39, 0.29) is 6.04 Å². The molecule has 1 aromatic rings. The molecule has 0 radical (unpaired) electrons. The molecule has 1 N–H and O–H groups in total. The molecular weight excluding hydrogens is 298 g/mol. The minimum absolute atomic E-state index is 0.285. The van der Waals surface area contributed by atoms with Crippen molar-refractivity contribution in [2.45, 2.75) is 31.4 Å². The van der Waals surface area contributed by atoms with Gasteiger partial charge < -0.3 is 10.2 Å². The number of nitrogens with one attached hydrogen (secondary N) is 1. The van der Waals surface area contributed by atoms with Crippen LogP contribution in [0.2, 0.25) is 0 Å². The third-order valence-electron chi connectivity index (χ3n) is 3.36. The summed E-state index contributed by atoms with van der Waals surface area (Å²) in [6.07, 6.45) is 0.292. The number of halogens is 2. The first kappa shape index (κ1) is 15.6. The smallest absolute Gasteiger partial charge is 0.267 e. The first-order chi connectivity index (χ1) is 9.84. The third-order valence-corrected chi connectivity index (χ3v) is 4.41. The summed E-state index contributed by atoms with van der Waals surface area (Å²) in [5.41, 5.74) is 0. The molecule has 114 valence electrons. The molecule has 0 spiro atoms. The van der Waals surface area contributed by atoms with Crippen molar-refractivity contribution in [1.29, 1.82) is 0 Å². The van der Waals surface area contributed by atoms with Crippen LogP contribution in [0.25, 0.3) is 0 Å². The van der Waals surface area contributed by atoms with E-state index >= 15 is 0 Å². The summed E-state index contributed by atoms with van der Waals surface area (Å²) in [6, 6.07) is 2.26. The Balaban J connectivity index is 2.09. The number of alkyl halides is 2. The van der Waals surface area contributed by atoms with Crippen LogP contribution in [-0.2, 0) is 9.59 Å². The van der Waals surface area contributed by atoms with Crippen molar-refractivity contribution < 1.29 is 18.4 Å². The van der Waals surface area contributed by atoms with E-state index in [2.05, 4.69) is 11.9 Å². The monoisotopic (exact) mass is 314 g/mol. The second kappa shape index (κ2) is 5.93. The molecule has 21 heavy (non-hydrogen) atoms. The zero-order valence-corrected chi connectivity index (χ0v) is 12.3. The van der Waals surface area contributed by atoms with Gasteiger partial charge >= 0.3 is 0 Å². The average molecular weight is 314 g/mol. The normalized spacial score (nSPS) is 21.9. The lowest BCUT2D eigenvalue weighted by Gasteiger charge is -2.23. The molecule has 1 fully saturated rings. The maximum atomic E-state index is 13.5. The molecule has 7 heteroatoms. The highest BCUT2D eigenvalue weighted by Crippen LogP contribution is 2.32. The van der Waals surface area contributed by atoms with Crippen LogP contribution < -0.4 is 5.32 Å². The quantitative estimate of drug-likeness (QED) is 0.867. The van der Waals surface area contributed by atoms with E-state index in [1.54, 1.807) is 6.92 Å². The number of hydrogen-bond acceptors (Lipinski definition) is 3. The lowest BCUT2D eigenvalue weighted by Crippen LogP contribution is -2.45. The Bertz CT molecular complexity index is 545. The number of thiophene rings is 1. The van der Waals surface area contributed by atoms with Crippen molar-refractivity contribution in [2.24, 2.45) is 0 Å². The molecule has 2 amide bonds. The zero-order valence-electron chi connectivity index (χ0n) is 11.5. The minimum atomic E-state index is -3.05. The Morgan fingerprint density at radius 2 is 2.33 bits per heavy atom. The molecule has 2 heterocycles. The number of amides is 2. The molecule has 0 aromatic carbocycles. The van der Waals surface area contributed by atoms with Crippen LogP contribution in [0.1, 0.15) is 24.3 Å². The van der Waals surface area contributed by atoms with E-state index in [0.717, 1.165) is 15.9 Å². The second-order valence-electron chi connectivity index (χ2n) is 4.99. The first-order valence-electron chi connectivity index (χ1n) is 6.49. The topological polar surface area (TPSA) is 49.4 Å².